The van der Waals surface area contributed by atoms with Gasteiger partial charge in [0.25, 0.3) is 0 Å². The van der Waals surface area contributed by atoms with Crippen molar-refractivity contribution in [2.24, 2.45) is 16.3 Å². The highest BCUT2D eigenvalue weighted by molar-refractivity contribution is 5.79. The maximum Gasteiger partial charge on any atom is 0.191 e. The van der Waals surface area contributed by atoms with Gasteiger partial charge in [0.2, 0.25) is 0 Å². The molecule has 29 heavy (non-hydrogen) atoms. The second kappa shape index (κ2) is 10.7. The maximum atomic E-state index is 5.37. The van der Waals surface area contributed by atoms with Crippen LogP contribution in [0.15, 0.2) is 29.3 Å². The molecule has 1 heterocycles. The number of guanidine groups is 1. The first kappa shape index (κ1) is 21.8. The van der Waals surface area contributed by atoms with Gasteiger partial charge in [0.05, 0.1) is 7.11 Å². The number of hydrogen-bond donors (Lipinski definition) is 2. The Labute approximate surface area is 176 Å². The molecule has 1 saturated heterocycles. The lowest BCUT2D eigenvalue weighted by Gasteiger charge is -2.40. The predicted octanol–water partition coefficient (Wildman–Crippen LogP) is 3.28. The molecule has 1 unspecified atom stereocenters. The Morgan fingerprint density at radius 1 is 1.28 bits per heavy atom. The number of anilines is 1. The summed E-state index contributed by atoms with van der Waals surface area (Å²) in [7, 11) is 3.51. The first-order valence-corrected chi connectivity index (χ1v) is 11.1. The zero-order valence-electron chi connectivity index (χ0n) is 18.4. The molecule has 1 atom stereocenters. The highest BCUT2D eigenvalue weighted by Crippen LogP contribution is 2.44. The van der Waals surface area contributed by atoms with E-state index in [2.05, 4.69) is 40.7 Å². The third kappa shape index (κ3) is 6.01. The SMILES string of the molecule is CCNC(=NCC1(CCOC)CCC1)NCC1CCN(c2cccc(OC)c2)C1. The zero-order chi connectivity index (χ0) is 20.5. The lowest BCUT2D eigenvalue weighted by Crippen LogP contribution is -2.42. The van der Waals surface area contributed by atoms with Crippen molar-refractivity contribution in [2.75, 3.05) is 58.5 Å². The fourth-order valence-corrected chi connectivity index (χ4v) is 4.35. The zero-order valence-corrected chi connectivity index (χ0v) is 18.4. The van der Waals surface area contributed by atoms with Crippen LogP contribution in [0.5, 0.6) is 5.75 Å². The van der Waals surface area contributed by atoms with Gasteiger partial charge in [-0.3, -0.25) is 4.99 Å². The molecule has 1 aliphatic carbocycles. The van der Waals surface area contributed by atoms with E-state index >= 15 is 0 Å². The maximum absolute atomic E-state index is 5.37. The van der Waals surface area contributed by atoms with Gasteiger partial charge in [-0.05, 0) is 56.1 Å². The molecule has 0 bridgehead atoms. The Morgan fingerprint density at radius 3 is 2.83 bits per heavy atom. The fourth-order valence-electron chi connectivity index (χ4n) is 4.35. The van der Waals surface area contributed by atoms with Gasteiger partial charge in [-0.2, -0.15) is 0 Å². The number of hydrogen-bond acceptors (Lipinski definition) is 4. The van der Waals surface area contributed by atoms with E-state index in [9.17, 15) is 0 Å². The Bertz CT molecular complexity index is 660. The van der Waals surface area contributed by atoms with Crippen LogP contribution in [0.1, 0.15) is 39.0 Å². The number of rotatable bonds is 10. The van der Waals surface area contributed by atoms with Crippen LogP contribution in [-0.2, 0) is 4.74 Å². The minimum absolute atomic E-state index is 0.356. The monoisotopic (exact) mass is 402 g/mol. The summed E-state index contributed by atoms with van der Waals surface area (Å²) in [4.78, 5) is 7.38. The molecule has 3 rings (SSSR count). The van der Waals surface area contributed by atoms with Crippen molar-refractivity contribution in [2.45, 2.75) is 39.0 Å². The van der Waals surface area contributed by atoms with Crippen LogP contribution in [0.25, 0.3) is 0 Å². The normalized spacial score (nSPS) is 21.0. The number of nitrogens with one attached hydrogen (secondary N) is 2. The number of methoxy groups -OCH3 is 2. The predicted molar refractivity (Wildman–Crippen MR) is 120 cm³/mol. The van der Waals surface area contributed by atoms with Crippen LogP contribution in [0.2, 0.25) is 0 Å². The largest absolute Gasteiger partial charge is 0.497 e. The van der Waals surface area contributed by atoms with E-state index < -0.39 is 0 Å². The van der Waals surface area contributed by atoms with Crippen molar-refractivity contribution < 1.29 is 9.47 Å². The fraction of sp³-hybridized carbons (Fsp3) is 0.696. The second-order valence-corrected chi connectivity index (χ2v) is 8.47. The quantitative estimate of drug-likeness (QED) is 0.465. The number of ether oxygens (including phenoxy) is 2. The van der Waals surface area contributed by atoms with Crippen LogP contribution in [-0.4, -0.2) is 59.5 Å². The van der Waals surface area contributed by atoms with Gasteiger partial charge < -0.3 is 25.0 Å². The second-order valence-electron chi connectivity index (χ2n) is 8.47. The van der Waals surface area contributed by atoms with Gasteiger partial charge in [-0.15, -0.1) is 0 Å². The van der Waals surface area contributed by atoms with E-state index in [4.69, 9.17) is 14.5 Å². The van der Waals surface area contributed by atoms with E-state index in [0.717, 1.165) is 57.5 Å². The Kier molecular flexibility index (Phi) is 8.04. The molecule has 1 aromatic rings. The van der Waals surface area contributed by atoms with Crippen molar-refractivity contribution >= 4 is 11.6 Å². The summed E-state index contributed by atoms with van der Waals surface area (Å²) in [5.74, 6) is 2.50. The molecule has 0 aromatic heterocycles. The third-order valence-electron chi connectivity index (χ3n) is 6.43. The van der Waals surface area contributed by atoms with Gasteiger partial charge in [0.15, 0.2) is 5.96 Å². The third-order valence-corrected chi connectivity index (χ3v) is 6.43. The minimum atomic E-state index is 0.356. The van der Waals surface area contributed by atoms with Crippen LogP contribution in [0.4, 0.5) is 5.69 Å². The van der Waals surface area contributed by atoms with E-state index in [-0.39, 0.29) is 0 Å². The van der Waals surface area contributed by atoms with Gasteiger partial charge >= 0.3 is 0 Å². The van der Waals surface area contributed by atoms with Crippen molar-refractivity contribution in [3.05, 3.63) is 24.3 Å². The summed E-state index contributed by atoms with van der Waals surface area (Å²) in [5.41, 5.74) is 1.60. The Balaban J connectivity index is 1.50. The van der Waals surface area contributed by atoms with Crippen molar-refractivity contribution in [3.63, 3.8) is 0 Å². The van der Waals surface area contributed by atoms with Gasteiger partial charge in [0.1, 0.15) is 5.75 Å². The van der Waals surface area contributed by atoms with Crippen LogP contribution in [0.3, 0.4) is 0 Å². The molecule has 1 aliphatic heterocycles. The standard InChI is InChI=1S/C23H38N4O2/c1-4-24-22(26-18-23(10-6-11-23)12-14-28-2)25-16-19-9-13-27(17-19)20-7-5-8-21(15-20)29-3/h5,7-8,15,19H,4,6,9-14,16-18H2,1-3H3,(H2,24,25,26). The van der Waals surface area contributed by atoms with E-state index in [1.807, 2.05) is 6.07 Å². The van der Waals surface area contributed by atoms with E-state index in [1.54, 1.807) is 14.2 Å². The Hall–Kier alpha value is -1.95. The van der Waals surface area contributed by atoms with Crippen molar-refractivity contribution in [1.29, 1.82) is 0 Å². The molecule has 2 fully saturated rings. The average molecular weight is 403 g/mol. The molecule has 162 valence electrons. The molecule has 0 amide bonds. The highest BCUT2D eigenvalue weighted by atomic mass is 16.5. The topological polar surface area (TPSA) is 58.1 Å². The molecule has 1 saturated carbocycles. The lowest BCUT2D eigenvalue weighted by molar-refractivity contribution is 0.0778. The first-order valence-electron chi connectivity index (χ1n) is 11.1. The number of benzene rings is 1. The molecule has 0 radical (unpaired) electrons. The molecule has 2 aliphatic rings. The highest BCUT2D eigenvalue weighted by Gasteiger charge is 2.36. The average Bonchev–Trinajstić information content (AvgIpc) is 3.20. The van der Waals surface area contributed by atoms with Crippen LogP contribution >= 0.6 is 0 Å². The lowest BCUT2D eigenvalue weighted by atomic mass is 9.67. The summed E-state index contributed by atoms with van der Waals surface area (Å²) in [6.45, 7) is 7.86. The molecular formula is C23H38N4O2. The number of aliphatic imine (C=N–C) groups is 1. The van der Waals surface area contributed by atoms with E-state index in [0.29, 0.717) is 11.3 Å². The summed E-state index contributed by atoms with van der Waals surface area (Å²) in [5, 5.41) is 7.01. The smallest absolute Gasteiger partial charge is 0.191 e. The molecule has 1 aromatic carbocycles. The van der Waals surface area contributed by atoms with Crippen LogP contribution in [0, 0.1) is 11.3 Å². The molecule has 0 spiro atoms. The summed E-state index contributed by atoms with van der Waals surface area (Å²) in [6, 6.07) is 8.36. The molecule has 6 nitrogen and oxygen atoms in total. The van der Waals surface area contributed by atoms with E-state index in [1.165, 1.54) is 31.4 Å². The summed E-state index contributed by atoms with van der Waals surface area (Å²) >= 11 is 0. The molecule has 2 N–H and O–H groups in total. The summed E-state index contributed by atoms with van der Waals surface area (Å²) < 4.78 is 10.7. The van der Waals surface area contributed by atoms with Crippen molar-refractivity contribution in [1.82, 2.24) is 10.6 Å². The Morgan fingerprint density at radius 2 is 2.14 bits per heavy atom. The van der Waals surface area contributed by atoms with Crippen molar-refractivity contribution in [3.8, 4) is 5.75 Å². The first-order chi connectivity index (χ1) is 14.2. The number of nitrogens with zero attached hydrogens (tertiary/aromatic N) is 2. The summed E-state index contributed by atoms with van der Waals surface area (Å²) in [6.07, 6.45) is 6.19. The van der Waals surface area contributed by atoms with Gasteiger partial charge in [-0.1, -0.05) is 12.5 Å². The van der Waals surface area contributed by atoms with Gasteiger partial charge in [-0.25, -0.2) is 0 Å². The van der Waals surface area contributed by atoms with Gasteiger partial charge in [0, 0.05) is 58.2 Å². The molecule has 6 heteroatoms. The molecular weight excluding hydrogens is 364 g/mol. The minimum Gasteiger partial charge on any atom is -0.497 e. The van der Waals surface area contributed by atoms with Crippen LogP contribution < -0.4 is 20.3 Å².